The third kappa shape index (κ3) is 2.66. The largest absolute Gasteiger partial charge is 0.341 e. The van der Waals surface area contributed by atoms with Crippen LogP contribution in [0.25, 0.3) is 0 Å². The first-order valence-corrected chi connectivity index (χ1v) is 7.34. The number of nitrogens with one attached hydrogen (secondary N) is 1. The number of carbonyl (C=O) groups is 1. The van der Waals surface area contributed by atoms with Crippen molar-refractivity contribution in [1.82, 2.24) is 10.2 Å². The van der Waals surface area contributed by atoms with Crippen LogP contribution in [0.4, 0.5) is 0 Å². The van der Waals surface area contributed by atoms with Gasteiger partial charge in [0.15, 0.2) is 0 Å². The van der Waals surface area contributed by atoms with Crippen LogP contribution in [0.1, 0.15) is 37.7 Å². The second-order valence-electron chi connectivity index (χ2n) is 5.84. The highest BCUT2D eigenvalue weighted by Crippen LogP contribution is 2.24. The summed E-state index contributed by atoms with van der Waals surface area (Å²) < 4.78 is 0. The summed E-state index contributed by atoms with van der Waals surface area (Å²) >= 11 is 0. The molecule has 2 aliphatic heterocycles. The molecule has 2 fully saturated rings. The van der Waals surface area contributed by atoms with Crippen molar-refractivity contribution < 1.29 is 4.79 Å². The van der Waals surface area contributed by atoms with Crippen LogP contribution >= 0.6 is 0 Å². The van der Waals surface area contributed by atoms with Crippen molar-refractivity contribution in [1.29, 1.82) is 0 Å². The summed E-state index contributed by atoms with van der Waals surface area (Å²) in [4.78, 5) is 14.7. The van der Waals surface area contributed by atoms with E-state index in [-0.39, 0.29) is 11.8 Å². The summed E-state index contributed by atoms with van der Waals surface area (Å²) in [5.41, 5.74) is 1.12. The Kier molecular flexibility index (Phi) is 3.56. The van der Waals surface area contributed by atoms with E-state index in [2.05, 4.69) is 10.2 Å². The zero-order chi connectivity index (χ0) is 13.2. The highest BCUT2D eigenvalue weighted by Gasteiger charge is 2.32. The summed E-state index contributed by atoms with van der Waals surface area (Å²) in [5, 5.41) is 3.62. The fourth-order valence-corrected chi connectivity index (χ4v) is 3.30. The highest BCUT2D eigenvalue weighted by atomic mass is 16.2. The Labute approximate surface area is 115 Å². The van der Waals surface area contributed by atoms with E-state index in [4.69, 9.17) is 0 Å². The minimum absolute atomic E-state index is 0.0298. The molecule has 0 aromatic heterocycles. The molecule has 2 saturated heterocycles. The molecule has 1 aromatic carbocycles. The fourth-order valence-electron chi connectivity index (χ4n) is 3.30. The van der Waals surface area contributed by atoms with Gasteiger partial charge in [-0.05, 0) is 31.7 Å². The Balaban J connectivity index is 1.70. The van der Waals surface area contributed by atoms with Crippen LogP contribution in [-0.4, -0.2) is 36.0 Å². The van der Waals surface area contributed by atoms with E-state index in [9.17, 15) is 4.79 Å². The van der Waals surface area contributed by atoms with Gasteiger partial charge in [-0.3, -0.25) is 4.79 Å². The van der Waals surface area contributed by atoms with Crippen LogP contribution < -0.4 is 5.32 Å². The monoisotopic (exact) mass is 258 g/mol. The van der Waals surface area contributed by atoms with Crippen LogP contribution in [0.2, 0.25) is 0 Å². The van der Waals surface area contributed by atoms with E-state index in [0.29, 0.717) is 12.1 Å². The quantitative estimate of drug-likeness (QED) is 0.881. The molecule has 3 heteroatoms. The minimum atomic E-state index is -0.0298. The smallest absolute Gasteiger partial charge is 0.229 e. The molecule has 0 saturated carbocycles. The molecule has 19 heavy (non-hydrogen) atoms. The SMILES string of the molecule is CC(C(=O)N1CCC2CCC(C1)N2)c1ccccc1. The van der Waals surface area contributed by atoms with E-state index in [1.54, 1.807) is 0 Å². The van der Waals surface area contributed by atoms with E-state index in [1.807, 2.05) is 37.3 Å². The lowest BCUT2D eigenvalue weighted by Crippen LogP contribution is -2.40. The highest BCUT2D eigenvalue weighted by molar-refractivity contribution is 5.83. The molecule has 3 rings (SSSR count). The molecule has 2 aliphatic rings. The zero-order valence-electron chi connectivity index (χ0n) is 11.5. The number of hydrogen-bond acceptors (Lipinski definition) is 2. The maximum Gasteiger partial charge on any atom is 0.229 e. The van der Waals surface area contributed by atoms with Gasteiger partial charge >= 0.3 is 0 Å². The van der Waals surface area contributed by atoms with Crippen LogP contribution in [-0.2, 0) is 4.79 Å². The summed E-state index contributed by atoms with van der Waals surface area (Å²) in [6.07, 6.45) is 3.60. The van der Waals surface area contributed by atoms with Gasteiger partial charge in [0.25, 0.3) is 0 Å². The molecular weight excluding hydrogens is 236 g/mol. The van der Waals surface area contributed by atoms with Crippen molar-refractivity contribution in [2.24, 2.45) is 0 Å². The van der Waals surface area contributed by atoms with Gasteiger partial charge in [-0.2, -0.15) is 0 Å². The Bertz CT molecular complexity index is 445. The Morgan fingerprint density at radius 1 is 1.21 bits per heavy atom. The number of carbonyl (C=O) groups excluding carboxylic acids is 1. The van der Waals surface area contributed by atoms with Gasteiger partial charge in [0.05, 0.1) is 5.92 Å². The van der Waals surface area contributed by atoms with Crippen molar-refractivity contribution in [3.8, 4) is 0 Å². The van der Waals surface area contributed by atoms with E-state index in [1.165, 1.54) is 12.8 Å². The lowest BCUT2D eigenvalue weighted by atomic mass is 9.99. The first kappa shape index (κ1) is 12.7. The molecule has 102 valence electrons. The van der Waals surface area contributed by atoms with Crippen molar-refractivity contribution in [3.05, 3.63) is 35.9 Å². The fraction of sp³-hybridized carbons (Fsp3) is 0.562. The predicted octanol–water partition coefficient (Wildman–Crippen LogP) is 2.14. The van der Waals surface area contributed by atoms with Gasteiger partial charge in [-0.1, -0.05) is 30.3 Å². The molecule has 0 radical (unpaired) electrons. The van der Waals surface area contributed by atoms with Crippen LogP contribution in [0.15, 0.2) is 30.3 Å². The maximum absolute atomic E-state index is 12.6. The number of rotatable bonds is 2. The molecular formula is C16H22N2O. The van der Waals surface area contributed by atoms with Gasteiger partial charge < -0.3 is 10.2 Å². The second kappa shape index (κ2) is 5.33. The number of hydrogen-bond donors (Lipinski definition) is 1. The topological polar surface area (TPSA) is 32.3 Å². The molecule has 0 spiro atoms. The Morgan fingerprint density at radius 3 is 2.74 bits per heavy atom. The predicted molar refractivity (Wildman–Crippen MR) is 76.0 cm³/mol. The van der Waals surface area contributed by atoms with Crippen LogP contribution in [0, 0.1) is 0 Å². The van der Waals surface area contributed by atoms with Crippen LogP contribution in [0.5, 0.6) is 0 Å². The molecule has 1 aromatic rings. The molecule has 3 unspecified atom stereocenters. The second-order valence-corrected chi connectivity index (χ2v) is 5.84. The normalized spacial score (nSPS) is 27.9. The molecule has 3 atom stereocenters. The summed E-state index contributed by atoms with van der Waals surface area (Å²) in [5.74, 6) is 0.248. The number of amides is 1. The van der Waals surface area contributed by atoms with Gasteiger partial charge in [-0.15, -0.1) is 0 Å². The lowest BCUT2D eigenvalue weighted by molar-refractivity contribution is -0.132. The van der Waals surface area contributed by atoms with Crippen molar-refractivity contribution in [3.63, 3.8) is 0 Å². The third-order valence-electron chi connectivity index (χ3n) is 4.50. The van der Waals surface area contributed by atoms with Crippen molar-refractivity contribution >= 4 is 5.91 Å². The number of nitrogens with zero attached hydrogens (tertiary/aromatic N) is 1. The van der Waals surface area contributed by atoms with E-state index in [0.717, 1.165) is 25.1 Å². The minimum Gasteiger partial charge on any atom is -0.341 e. The molecule has 1 N–H and O–H groups in total. The first-order chi connectivity index (χ1) is 9.24. The summed E-state index contributed by atoms with van der Waals surface area (Å²) in [7, 11) is 0. The molecule has 2 bridgehead atoms. The molecule has 3 nitrogen and oxygen atoms in total. The number of fused-ring (bicyclic) bond motifs is 2. The van der Waals surface area contributed by atoms with Crippen molar-refractivity contribution in [2.45, 2.75) is 44.2 Å². The van der Waals surface area contributed by atoms with Crippen molar-refractivity contribution in [2.75, 3.05) is 13.1 Å². The average Bonchev–Trinajstić information content (AvgIpc) is 2.78. The lowest BCUT2D eigenvalue weighted by Gasteiger charge is -2.27. The molecule has 2 heterocycles. The average molecular weight is 258 g/mol. The van der Waals surface area contributed by atoms with Gasteiger partial charge in [0, 0.05) is 25.2 Å². The van der Waals surface area contributed by atoms with E-state index < -0.39 is 0 Å². The van der Waals surface area contributed by atoms with Gasteiger partial charge in [-0.25, -0.2) is 0 Å². The number of benzene rings is 1. The Hall–Kier alpha value is -1.35. The molecule has 1 amide bonds. The summed E-state index contributed by atoms with van der Waals surface area (Å²) in [6.45, 7) is 3.81. The maximum atomic E-state index is 12.6. The summed E-state index contributed by atoms with van der Waals surface area (Å²) in [6, 6.07) is 11.2. The van der Waals surface area contributed by atoms with E-state index >= 15 is 0 Å². The zero-order valence-corrected chi connectivity index (χ0v) is 11.5. The number of likely N-dealkylation sites (tertiary alicyclic amines) is 1. The van der Waals surface area contributed by atoms with Gasteiger partial charge in [0.2, 0.25) is 5.91 Å². The molecule has 0 aliphatic carbocycles. The Morgan fingerprint density at radius 2 is 1.95 bits per heavy atom. The first-order valence-electron chi connectivity index (χ1n) is 7.34. The van der Waals surface area contributed by atoms with Crippen LogP contribution in [0.3, 0.4) is 0 Å². The standard InChI is InChI=1S/C16H22N2O/c1-12(13-5-3-2-4-6-13)16(19)18-10-9-14-7-8-15(11-18)17-14/h2-6,12,14-15,17H,7-11H2,1H3. The third-order valence-corrected chi connectivity index (χ3v) is 4.50. The van der Waals surface area contributed by atoms with Gasteiger partial charge in [0.1, 0.15) is 0 Å².